The molecule has 0 aliphatic rings. The van der Waals surface area contributed by atoms with Gasteiger partial charge in [0, 0.05) is 27.6 Å². The van der Waals surface area contributed by atoms with Crippen molar-refractivity contribution in [2.24, 2.45) is 0 Å². The van der Waals surface area contributed by atoms with Gasteiger partial charge in [-0.15, -0.1) is 11.3 Å². The van der Waals surface area contributed by atoms with E-state index in [1.165, 1.54) is 17.4 Å². The first-order chi connectivity index (χ1) is 12.7. The molecule has 0 unspecified atom stereocenters. The third kappa shape index (κ3) is 4.71. The number of nitrogens with one attached hydrogen (secondary N) is 1. The van der Waals surface area contributed by atoms with Gasteiger partial charge in [-0.1, -0.05) is 41.9 Å². The number of rotatable bonds is 6. The van der Waals surface area contributed by atoms with Crippen LogP contribution in [-0.2, 0) is 4.79 Å². The molecule has 0 radical (unpaired) electrons. The summed E-state index contributed by atoms with van der Waals surface area (Å²) in [5.41, 5.74) is 2.60. The van der Waals surface area contributed by atoms with E-state index in [0.29, 0.717) is 16.8 Å². The Morgan fingerprint density at radius 1 is 1.23 bits per heavy atom. The van der Waals surface area contributed by atoms with Crippen molar-refractivity contribution in [2.45, 2.75) is 6.92 Å². The van der Waals surface area contributed by atoms with Gasteiger partial charge in [0.2, 0.25) is 5.91 Å². The fraction of sp³-hybridized carbons (Fsp3) is 0.100. The largest absolute Gasteiger partial charge is 0.493 e. The number of nitrogens with zero attached hydrogens (tertiary/aromatic N) is 1. The molecule has 0 fully saturated rings. The number of carbonyl (C=O) groups excluding carboxylic acids is 1. The first kappa shape index (κ1) is 18.2. The third-order valence-electron chi connectivity index (χ3n) is 3.51. The zero-order valence-electron chi connectivity index (χ0n) is 14.1. The molecule has 132 valence electrons. The highest BCUT2D eigenvalue weighted by atomic mass is 35.5. The standard InChI is InChI=1S/C20H17ClN2O2S/c1-2-25-18-6-4-3-5-15(18)9-12-19(24)23-20-22-17(13-26-20)14-7-10-16(21)11-8-14/h3-13H,2H2,1H3,(H,22,23,24). The van der Waals surface area contributed by atoms with Crippen molar-refractivity contribution in [1.82, 2.24) is 4.98 Å². The van der Waals surface area contributed by atoms with Crippen LogP contribution >= 0.6 is 22.9 Å². The second-order valence-corrected chi connectivity index (χ2v) is 6.63. The number of hydrogen-bond donors (Lipinski definition) is 1. The third-order valence-corrected chi connectivity index (χ3v) is 4.52. The van der Waals surface area contributed by atoms with Crippen molar-refractivity contribution in [1.29, 1.82) is 0 Å². The normalized spacial score (nSPS) is 10.8. The predicted octanol–water partition coefficient (Wildman–Crippen LogP) is 5.51. The van der Waals surface area contributed by atoms with Crippen LogP contribution in [0.2, 0.25) is 5.02 Å². The number of ether oxygens (including phenoxy) is 1. The highest BCUT2D eigenvalue weighted by Gasteiger charge is 2.07. The molecule has 0 spiro atoms. The number of amides is 1. The Morgan fingerprint density at radius 3 is 2.77 bits per heavy atom. The molecule has 26 heavy (non-hydrogen) atoms. The van der Waals surface area contributed by atoms with Crippen molar-refractivity contribution in [3.05, 3.63) is 70.6 Å². The highest BCUT2D eigenvalue weighted by Crippen LogP contribution is 2.26. The van der Waals surface area contributed by atoms with E-state index in [2.05, 4.69) is 10.3 Å². The fourth-order valence-electron chi connectivity index (χ4n) is 2.30. The Labute approximate surface area is 161 Å². The number of thiazole rings is 1. The molecule has 3 aromatic rings. The molecule has 6 heteroatoms. The average Bonchev–Trinajstić information content (AvgIpc) is 3.10. The first-order valence-electron chi connectivity index (χ1n) is 8.08. The summed E-state index contributed by atoms with van der Waals surface area (Å²) >= 11 is 7.27. The minimum absolute atomic E-state index is 0.242. The van der Waals surface area contributed by atoms with Crippen molar-refractivity contribution < 1.29 is 9.53 Å². The zero-order chi connectivity index (χ0) is 18.4. The highest BCUT2D eigenvalue weighted by molar-refractivity contribution is 7.14. The summed E-state index contributed by atoms with van der Waals surface area (Å²) < 4.78 is 5.55. The number of halogens is 1. The minimum atomic E-state index is -0.242. The van der Waals surface area contributed by atoms with Crippen LogP contribution < -0.4 is 10.1 Å². The van der Waals surface area contributed by atoms with Gasteiger partial charge < -0.3 is 4.74 Å². The number of para-hydroxylation sites is 1. The van der Waals surface area contributed by atoms with Gasteiger partial charge in [0.05, 0.1) is 12.3 Å². The Bertz CT molecular complexity index is 920. The summed E-state index contributed by atoms with van der Waals surface area (Å²) in [6.45, 7) is 2.50. The van der Waals surface area contributed by atoms with Gasteiger partial charge >= 0.3 is 0 Å². The second-order valence-electron chi connectivity index (χ2n) is 5.34. The number of benzene rings is 2. The molecule has 2 aromatic carbocycles. The fourth-order valence-corrected chi connectivity index (χ4v) is 3.15. The molecule has 0 saturated heterocycles. The smallest absolute Gasteiger partial charge is 0.250 e. The van der Waals surface area contributed by atoms with Gasteiger partial charge in [-0.25, -0.2) is 4.98 Å². The molecule has 1 heterocycles. The van der Waals surface area contributed by atoms with Crippen LogP contribution in [-0.4, -0.2) is 17.5 Å². The van der Waals surface area contributed by atoms with Gasteiger partial charge in [0.25, 0.3) is 0 Å². The Hall–Kier alpha value is -2.63. The van der Waals surface area contributed by atoms with Crippen LogP contribution in [0.25, 0.3) is 17.3 Å². The van der Waals surface area contributed by atoms with E-state index in [4.69, 9.17) is 16.3 Å². The molecule has 1 N–H and O–H groups in total. The number of aromatic nitrogens is 1. The molecule has 3 rings (SSSR count). The van der Waals surface area contributed by atoms with Crippen molar-refractivity contribution in [3.8, 4) is 17.0 Å². The quantitative estimate of drug-likeness (QED) is 0.570. The molecule has 0 bridgehead atoms. The van der Waals surface area contributed by atoms with E-state index >= 15 is 0 Å². The molecule has 1 aromatic heterocycles. The lowest BCUT2D eigenvalue weighted by atomic mass is 10.2. The maximum absolute atomic E-state index is 12.2. The molecule has 4 nitrogen and oxygen atoms in total. The maximum atomic E-state index is 12.2. The molecule has 0 saturated carbocycles. The van der Waals surface area contributed by atoms with E-state index in [9.17, 15) is 4.79 Å². The van der Waals surface area contributed by atoms with Crippen LogP contribution in [0.1, 0.15) is 12.5 Å². The Kier molecular flexibility index (Phi) is 6.04. The summed E-state index contributed by atoms with van der Waals surface area (Å²) in [5, 5.41) is 5.90. The van der Waals surface area contributed by atoms with E-state index in [0.717, 1.165) is 22.6 Å². The van der Waals surface area contributed by atoms with Gasteiger partial charge in [0.1, 0.15) is 5.75 Å². The molecular weight excluding hydrogens is 368 g/mol. The number of anilines is 1. The first-order valence-corrected chi connectivity index (χ1v) is 9.34. The molecular formula is C20H17ClN2O2S. The van der Waals surface area contributed by atoms with Crippen LogP contribution in [0.15, 0.2) is 60.0 Å². The minimum Gasteiger partial charge on any atom is -0.493 e. The summed E-state index contributed by atoms with van der Waals surface area (Å²) in [6.07, 6.45) is 3.20. The molecule has 1 amide bonds. The zero-order valence-corrected chi connectivity index (χ0v) is 15.7. The Balaban J connectivity index is 1.66. The van der Waals surface area contributed by atoms with E-state index in [-0.39, 0.29) is 5.91 Å². The summed E-state index contributed by atoms with van der Waals surface area (Å²) in [4.78, 5) is 16.6. The van der Waals surface area contributed by atoms with Crippen molar-refractivity contribution in [2.75, 3.05) is 11.9 Å². The maximum Gasteiger partial charge on any atom is 0.250 e. The predicted molar refractivity (Wildman–Crippen MR) is 108 cm³/mol. The number of hydrogen-bond acceptors (Lipinski definition) is 4. The van der Waals surface area contributed by atoms with Gasteiger partial charge in [-0.3, -0.25) is 10.1 Å². The second kappa shape index (κ2) is 8.65. The van der Waals surface area contributed by atoms with Crippen molar-refractivity contribution in [3.63, 3.8) is 0 Å². The monoisotopic (exact) mass is 384 g/mol. The topological polar surface area (TPSA) is 51.2 Å². The average molecular weight is 385 g/mol. The lowest BCUT2D eigenvalue weighted by Crippen LogP contribution is -2.07. The Morgan fingerprint density at radius 2 is 2.00 bits per heavy atom. The van der Waals surface area contributed by atoms with Gasteiger partial charge in [-0.2, -0.15) is 0 Å². The number of carbonyl (C=O) groups is 1. The molecule has 0 atom stereocenters. The summed E-state index contributed by atoms with van der Waals surface area (Å²) in [5.74, 6) is 0.506. The van der Waals surface area contributed by atoms with Crippen molar-refractivity contribution >= 4 is 40.1 Å². The van der Waals surface area contributed by atoms with Gasteiger partial charge in [0.15, 0.2) is 5.13 Å². The van der Waals surface area contributed by atoms with E-state index in [1.807, 2.05) is 60.8 Å². The lowest BCUT2D eigenvalue weighted by Gasteiger charge is -2.06. The van der Waals surface area contributed by atoms with Gasteiger partial charge in [-0.05, 0) is 31.2 Å². The van der Waals surface area contributed by atoms with E-state index in [1.54, 1.807) is 6.08 Å². The summed E-state index contributed by atoms with van der Waals surface area (Å²) in [6, 6.07) is 15.0. The van der Waals surface area contributed by atoms with Crippen LogP contribution in [0.5, 0.6) is 5.75 Å². The van der Waals surface area contributed by atoms with E-state index < -0.39 is 0 Å². The van der Waals surface area contributed by atoms with Crippen LogP contribution in [0.4, 0.5) is 5.13 Å². The lowest BCUT2D eigenvalue weighted by molar-refractivity contribution is -0.111. The van der Waals surface area contributed by atoms with Crippen LogP contribution in [0, 0.1) is 0 Å². The summed E-state index contributed by atoms with van der Waals surface area (Å²) in [7, 11) is 0. The molecule has 0 aliphatic heterocycles. The SMILES string of the molecule is CCOc1ccccc1C=CC(=O)Nc1nc(-c2ccc(Cl)cc2)cs1. The molecule has 0 aliphatic carbocycles. The van der Waals surface area contributed by atoms with Crippen LogP contribution in [0.3, 0.4) is 0 Å².